The van der Waals surface area contributed by atoms with Crippen LogP contribution in [0, 0.1) is 26.7 Å². The zero-order chi connectivity index (χ0) is 14.9. The molecule has 0 aliphatic carbocycles. The lowest BCUT2D eigenvalue weighted by Crippen LogP contribution is -2.42. The molecule has 1 atom stereocenters. The molecular weight excluding hydrogens is 250 g/mol. The average molecular weight is 273 g/mol. The molecule has 1 heterocycles. The highest BCUT2D eigenvalue weighted by Crippen LogP contribution is 2.19. The number of aryl methyl sites for hydroxylation is 3. The van der Waals surface area contributed by atoms with E-state index in [1.807, 2.05) is 27.7 Å². The largest absolute Gasteiger partial charge is 0.299 e. The van der Waals surface area contributed by atoms with Crippen molar-refractivity contribution in [2.45, 2.75) is 34.1 Å². The minimum atomic E-state index is 0.0526. The fraction of sp³-hybridized carbons (Fsp3) is 0.529. The molecule has 2 rings (SSSR count). The van der Waals surface area contributed by atoms with Crippen molar-refractivity contribution < 1.29 is 9.59 Å². The highest BCUT2D eigenvalue weighted by Gasteiger charge is 2.25. The summed E-state index contributed by atoms with van der Waals surface area (Å²) >= 11 is 0. The van der Waals surface area contributed by atoms with E-state index in [0.717, 1.165) is 16.7 Å². The van der Waals surface area contributed by atoms with Crippen LogP contribution in [-0.2, 0) is 4.79 Å². The van der Waals surface area contributed by atoms with Gasteiger partial charge in [0.25, 0.3) is 0 Å². The van der Waals surface area contributed by atoms with Crippen molar-refractivity contribution >= 4 is 11.6 Å². The predicted molar refractivity (Wildman–Crippen MR) is 80.2 cm³/mol. The minimum Gasteiger partial charge on any atom is -0.299 e. The molecule has 1 saturated heterocycles. The topological polar surface area (TPSA) is 37.4 Å². The van der Waals surface area contributed by atoms with Gasteiger partial charge in [-0.1, -0.05) is 24.6 Å². The van der Waals surface area contributed by atoms with Gasteiger partial charge in [-0.2, -0.15) is 0 Å². The van der Waals surface area contributed by atoms with Gasteiger partial charge in [0.2, 0.25) is 0 Å². The van der Waals surface area contributed by atoms with Crippen molar-refractivity contribution in [3.63, 3.8) is 0 Å². The predicted octanol–water partition coefficient (Wildman–Crippen LogP) is 2.71. The first kappa shape index (κ1) is 14.9. The Morgan fingerprint density at radius 3 is 2.40 bits per heavy atom. The van der Waals surface area contributed by atoms with E-state index in [0.29, 0.717) is 31.8 Å². The first-order valence-corrected chi connectivity index (χ1v) is 7.24. The average Bonchev–Trinajstić information content (AvgIpc) is 2.32. The molecule has 1 fully saturated rings. The lowest BCUT2D eigenvalue weighted by atomic mass is 9.94. The molecule has 0 aromatic heterocycles. The normalized spacial score (nSPS) is 20.2. The van der Waals surface area contributed by atoms with Crippen LogP contribution in [-0.4, -0.2) is 36.1 Å². The summed E-state index contributed by atoms with van der Waals surface area (Å²) in [5, 5.41) is 0. The Morgan fingerprint density at radius 2 is 1.85 bits per heavy atom. The van der Waals surface area contributed by atoms with Crippen molar-refractivity contribution in [1.29, 1.82) is 0 Å². The molecular formula is C17H23NO2. The summed E-state index contributed by atoms with van der Waals surface area (Å²) in [6, 6.07) is 4.12. The molecule has 1 aromatic carbocycles. The third-order valence-corrected chi connectivity index (χ3v) is 4.08. The molecule has 3 nitrogen and oxygen atoms in total. The van der Waals surface area contributed by atoms with Crippen molar-refractivity contribution in [1.82, 2.24) is 4.90 Å². The third kappa shape index (κ3) is 3.15. The van der Waals surface area contributed by atoms with E-state index in [2.05, 4.69) is 17.0 Å². The number of carbonyl (C=O) groups is 2. The van der Waals surface area contributed by atoms with E-state index in [4.69, 9.17) is 0 Å². The summed E-state index contributed by atoms with van der Waals surface area (Å²) in [6.45, 7) is 9.81. The summed E-state index contributed by atoms with van der Waals surface area (Å²) in [5.74, 6) is 0.537. The van der Waals surface area contributed by atoms with E-state index in [1.165, 1.54) is 5.56 Å². The van der Waals surface area contributed by atoms with Crippen LogP contribution in [0.1, 0.15) is 40.4 Å². The SMILES string of the molecule is Cc1cc(C)c(C(=O)CN2CCC(=O)C(C)C2)c(C)c1. The van der Waals surface area contributed by atoms with Crippen molar-refractivity contribution in [3.05, 3.63) is 34.4 Å². The summed E-state index contributed by atoms with van der Waals surface area (Å²) in [7, 11) is 0. The smallest absolute Gasteiger partial charge is 0.177 e. The summed E-state index contributed by atoms with van der Waals surface area (Å²) in [5.41, 5.74) is 4.14. The first-order valence-electron chi connectivity index (χ1n) is 7.24. The Bertz CT molecular complexity index is 525. The number of nitrogens with zero attached hydrogens (tertiary/aromatic N) is 1. The Labute approximate surface area is 121 Å². The second kappa shape index (κ2) is 5.88. The van der Waals surface area contributed by atoms with Gasteiger partial charge in [-0.3, -0.25) is 14.5 Å². The molecule has 0 radical (unpaired) electrons. The number of rotatable bonds is 3. The monoisotopic (exact) mass is 273 g/mol. The number of hydrogen-bond acceptors (Lipinski definition) is 3. The van der Waals surface area contributed by atoms with Crippen LogP contribution in [0.2, 0.25) is 0 Å². The lowest BCUT2D eigenvalue weighted by Gasteiger charge is -2.29. The number of benzene rings is 1. The van der Waals surface area contributed by atoms with E-state index >= 15 is 0 Å². The first-order chi connectivity index (χ1) is 9.38. The molecule has 1 aliphatic heterocycles. The number of likely N-dealkylation sites (tertiary alicyclic amines) is 1. The van der Waals surface area contributed by atoms with Crippen LogP contribution in [0.3, 0.4) is 0 Å². The van der Waals surface area contributed by atoms with Gasteiger partial charge in [0.1, 0.15) is 5.78 Å². The molecule has 108 valence electrons. The van der Waals surface area contributed by atoms with Gasteiger partial charge in [-0.15, -0.1) is 0 Å². The Balaban J connectivity index is 2.11. The maximum atomic E-state index is 12.5. The van der Waals surface area contributed by atoms with Gasteiger partial charge >= 0.3 is 0 Å². The zero-order valence-corrected chi connectivity index (χ0v) is 12.8. The molecule has 0 bridgehead atoms. The van der Waals surface area contributed by atoms with Gasteiger partial charge < -0.3 is 0 Å². The fourth-order valence-corrected chi connectivity index (χ4v) is 3.14. The number of piperidine rings is 1. The third-order valence-electron chi connectivity index (χ3n) is 4.08. The van der Waals surface area contributed by atoms with E-state index in [9.17, 15) is 9.59 Å². The standard InChI is InChI=1S/C17H23NO2/c1-11-7-12(2)17(13(3)8-11)16(20)10-18-6-5-15(19)14(4)9-18/h7-8,14H,5-6,9-10H2,1-4H3. The minimum absolute atomic E-state index is 0.0526. The number of Topliss-reactive ketones (excluding diaryl/α,β-unsaturated/α-hetero) is 2. The lowest BCUT2D eigenvalue weighted by molar-refractivity contribution is -0.125. The number of carbonyl (C=O) groups excluding carboxylic acids is 2. The van der Waals surface area contributed by atoms with Crippen LogP contribution in [0.4, 0.5) is 0 Å². The van der Waals surface area contributed by atoms with Crippen LogP contribution in [0.5, 0.6) is 0 Å². The van der Waals surface area contributed by atoms with Gasteiger partial charge in [0, 0.05) is 31.0 Å². The second-order valence-corrected chi connectivity index (χ2v) is 6.05. The summed E-state index contributed by atoms with van der Waals surface area (Å²) in [4.78, 5) is 26.2. The van der Waals surface area contributed by atoms with E-state index in [-0.39, 0.29) is 11.7 Å². The molecule has 3 heteroatoms. The Hall–Kier alpha value is -1.48. The second-order valence-electron chi connectivity index (χ2n) is 6.05. The summed E-state index contributed by atoms with van der Waals surface area (Å²) in [6.07, 6.45) is 0.570. The van der Waals surface area contributed by atoms with Gasteiger partial charge in [-0.05, 0) is 31.9 Å². The molecule has 1 unspecified atom stereocenters. The van der Waals surface area contributed by atoms with Crippen molar-refractivity contribution in [3.8, 4) is 0 Å². The maximum absolute atomic E-state index is 12.5. The summed E-state index contributed by atoms with van der Waals surface area (Å²) < 4.78 is 0. The quantitative estimate of drug-likeness (QED) is 0.795. The van der Waals surface area contributed by atoms with Gasteiger partial charge in [-0.25, -0.2) is 0 Å². The van der Waals surface area contributed by atoms with Crippen molar-refractivity contribution in [2.75, 3.05) is 19.6 Å². The molecule has 1 aromatic rings. The zero-order valence-electron chi connectivity index (χ0n) is 12.8. The highest BCUT2D eigenvalue weighted by atomic mass is 16.1. The van der Waals surface area contributed by atoms with Crippen molar-refractivity contribution in [2.24, 2.45) is 5.92 Å². The number of ketones is 2. The molecule has 0 spiro atoms. The molecule has 1 aliphatic rings. The highest BCUT2D eigenvalue weighted by molar-refractivity contribution is 6.00. The van der Waals surface area contributed by atoms with Crippen LogP contribution in [0.25, 0.3) is 0 Å². The van der Waals surface area contributed by atoms with Gasteiger partial charge in [0.05, 0.1) is 6.54 Å². The van der Waals surface area contributed by atoms with Crippen LogP contribution >= 0.6 is 0 Å². The Morgan fingerprint density at radius 1 is 1.25 bits per heavy atom. The van der Waals surface area contributed by atoms with E-state index < -0.39 is 0 Å². The fourth-order valence-electron chi connectivity index (χ4n) is 3.14. The maximum Gasteiger partial charge on any atom is 0.177 e. The van der Waals surface area contributed by atoms with Gasteiger partial charge in [0.15, 0.2) is 5.78 Å². The van der Waals surface area contributed by atoms with Crippen LogP contribution in [0.15, 0.2) is 12.1 Å². The number of hydrogen-bond donors (Lipinski definition) is 0. The molecule has 20 heavy (non-hydrogen) atoms. The molecule has 0 amide bonds. The van der Waals surface area contributed by atoms with E-state index in [1.54, 1.807) is 0 Å². The molecule has 0 saturated carbocycles. The van der Waals surface area contributed by atoms with Crippen LogP contribution < -0.4 is 0 Å². The molecule has 0 N–H and O–H groups in total. The Kier molecular flexibility index (Phi) is 4.39.